The normalized spacial score (nSPS) is 10.5. The number of nitrogen functional groups attached to an aromatic ring is 1. The predicted octanol–water partition coefficient (Wildman–Crippen LogP) is 2.18. The number of hydrogen-bond donors (Lipinski definition) is 1. The van der Waals surface area contributed by atoms with E-state index in [0.29, 0.717) is 11.5 Å². The Bertz CT molecular complexity index is 810. The van der Waals surface area contributed by atoms with Gasteiger partial charge >= 0.3 is 0 Å². The Morgan fingerprint density at radius 2 is 2.11 bits per heavy atom. The average molecular weight is 249 g/mol. The van der Waals surface area contributed by atoms with E-state index in [1.54, 1.807) is 23.2 Å². The Kier molecular flexibility index (Phi) is 2.43. The second-order valence-corrected chi connectivity index (χ2v) is 4.28. The molecule has 1 aromatic carbocycles. The van der Waals surface area contributed by atoms with E-state index in [1.165, 1.54) is 0 Å². The molecule has 0 aliphatic heterocycles. The molecule has 0 amide bonds. The fourth-order valence-electron chi connectivity index (χ4n) is 2.14. The van der Waals surface area contributed by atoms with Crippen LogP contribution < -0.4 is 5.73 Å². The van der Waals surface area contributed by atoms with Gasteiger partial charge in [0.15, 0.2) is 0 Å². The van der Waals surface area contributed by atoms with E-state index in [-0.39, 0.29) is 0 Å². The summed E-state index contributed by atoms with van der Waals surface area (Å²) in [6.07, 6.45) is 5.13. The lowest BCUT2D eigenvalue weighted by Gasteiger charge is -2.10. The van der Waals surface area contributed by atoms with Gasteiger partial charge < -0.3 is 5.73 Å². The van der Waals surface area contributed by atoms with Crippen molar-refractivity contribution in [1.82, 2.24) is 14.5 Å². The number of benzene rings is 1. The van der Waals surface area contributed by atoms with Crippen molar-refractivity contribution in [1.29, 1.82) is 5.26 Å². The van der Waals surface area contributed by atoms with Gasteiger partial charge in [0.25, 0.3) is 0 Å². The Hall–Kier alpha value is -2.87. The number of pyridine rings is 1. The van der Waals surface area contributed by atoms with Crippen molar-refractivity contribution in [2.75, 3.05) is 5.73 Å². The Balaban J connectivity index is 2.40. The zero-order valence-electron chi connectivity index (χ0n) is 10.3. The van der Waals surface area contributed by atoms with Crippen LogP contribution in [-0.4, -0.2) is 14.5 Å². The Morgan fingerprint density at radius 1 is 1.26 bits per heavy atom. The van der Waals surface area contributed by atoms with Crippen molar-refractivity contribution in [2.45, 2.75) is 6.92 Å². The van der Waals surface area contributed by atoms with Gasteiger partial charge in [-0.2, -0.15) is 5.26 Å². The summed E-state index contributed by atoms with van der Waals surface area (Å²) in [6.45, 7) is 1.92. The molecule has 2 N–H and O–H groups in total. The molecule has 0 fully saturated rings. The number of rotatable bonds is 1. The second-order valence-electron chi connectivity index (χ2n) is 4.28. The topological polar surface area (TPSA) is 80.5 Å². The Morgan fingerprint density at radius 3 is 2.89 bits per heavy atom. The fourth-order valence-corrected chi connectivity index (χ4v) is 2.14. The van der Waals surface area contributed by atoms with E-state index in [4.69, 9.17) is 11.0 Å². The SMILES string of the molecule is Cc1cc2c(-n3ccnc3C#N)ccc(N)c2cn1. The number of hydrogen-bond acceptors (Lipinski definition) is 4. The van der Waals surface area contributed by atoms with Gasteiger partial charge in [0, 0.05) is 40.7 Å². The maximum Gasteiger partial charge on any atom is 0.217 e. The number of aromatic nitrogens is 3. The van der Waals surface area contributed by atoms with Gasteiger partial charge in [-0.15, -0.1) is 0 Å². The minimum atomic E-state index is 0.348. The molecule has 92 valence electrons. The molecule has 3 aromatic rings. The molecule has 0 aliphatic carbocycles. The van der Waals surface area contributed by atoms with Crippen LogP contribution in [0.25, 0.3) is 16.5 Å². The van der Waals surface area contributed by atoms with E-state index in [1.807, 2.05) is 25.1 Å². The van der Waals surface area contributed by atoms with Crippen molar-refractivity contribution in [3.05, 3.63) is 48.3 Å². The van der Waals surface area contributed by atoms with Crippen LogP contribution in [0.4, 0.5) is 5.69 Å². The Labute approximate surface area is 109 Å². The molecule has 0 spiro atoms. The lowest BCUT2D eigenvalue weighted by atomic mass is 10.1. The van der Waals surface area contributed by atoms with Crippen molar-refractivity contribution in [3.63, 3.8) is 0 Å². The average Bonchev–Trinajstić information content (AvgIpc) is 2.87. The van der Waals surface area contributed by atoms with Crippen molar-refractivity contribution >= 4 is 16.5 Å². The van der Waals surface area contributed by atoms with E-state index in [9.17, 15) is 0 Å². The quantitative estimate of drug-likeness (QED) is 0.670. The van der Waals surface area contributed by atoms with Gasteiger partial charge in [-0.05, 0) is 25.1 Å². The maximum atomic E-state index is 9.08. The highest BCUT2D eigenvalue weighted by Gasteiger charge is 2.10. The van der Waals surface area contributed by atoms with Crippen molar-refractivity contribution in [3.8, 4) is 11.8 Å². The van der Waals surface area contributed by atoms with Gasteiger partial charge in [-0.1, -0.05) is 0 Å². The summed E-state index contributed by atoms with van der Waals surface area (Å²) < 4.78 is 1.75. The maximum absolute atomic E-state index is 9.08. The predicted molar refractivity (Wildman–Crippen MR) is 72.7 cm³/mol. The summed E-state index contributed by atoms with van der Waals surface area (Å²) in [6, 6.07) is 7.74. The molecular formula is C14H11N5. The molecule has 5 nitrogen and oxygen atoms in total. The first-order chi connectivity index (χ1) is 9.20. The van der Waals surface area contributed by atoms with Gasteiger partial charge in [0.1, 0.15) is 6.07 Å². The molecular weight excluding hydrogens is 238 g/mol. The number of nitriles is 1. The molecule has 0 radical (unpaired) electrons. The van der Waals surface area contributed by atoms with Crippen LogP contribution in [0.2, 0.25) is 0 Å². The van der Waals surface area contributed by atoms with Crippen LogP contribution in [0, 0.1) is 18.3 Å². The molecule has 0 atom stereocenters. The number of imidazole rings is 1. The van der Waals surface area contributed by atoms with Crippen molar-refractivity contribution in [2.24, 2.45) is 0 Å². The van der Waals surface area contributed by atoms with E-state index in [2.05, 4.69) is 16.0 Å². The van der Waals surface area contributed by atoms with Crippen LogP contribution in [0.1, 0.15) is 11.5 Å². The summed E-state index contributed by atoms with van der Waals surface area (Å²) >= 11 is 0. The number of nitrogens with two attached hydrogens (primary N) is 1. The molecule has 0 saturated carbocycles. The largest absolute Gasteiger partial charge is 0.398 e. The molecule has 2 aromatic heterocycles. The third kappa shape index (κ3) is 1.70. The number of aryl methyl sites for hydroxylation is 1. The summed E-state index contributed by atoms with van der Waals surface area (Å²) in [5.41, 5.74) is 8.42. The van der Waals surface area contributed by atoms with Crippen molar-refractivity contribution < 1.29 is 0 Å². The van der Waals surface area contributed by atoms with Gasteiger partial charge in [-0.25, -0.2) is 4.98 Å². The van der Waals surface area contributed by atoms with Gasteiger partial charge in [0.2, 0.25) is 5.82 Å². The number of fused-ring (bicyclic) bond motifs is 1. The standard InChI is InChI=1S/C14H11N5/c1-9-6-10-11(8-18-9)12(16)2-3-13(10)19-5-4-17-14(19)7-15/h2-6,8H,16H2,1H3. The van der Waals surface area contributed by atoms with E-state index in [0.717, 1.165) is 22.2 Å². The fraction of sp³-hybridized carbons (Fsp3) is 0.0714. The lowest BCUT2D eigenvalue weighted by molar-refractivity contribution is 1.03. The van der Waals surface area contributed by atoms with Gasteiger partial charge in [-0.3, -0.25) is 9.55 Å². The summed E-state index contributed by atoms with van der Waals surface area (Å²) in [4.78, 5) is 8.28. The summed E-state index contributed by atoms with van der Waals surface area (Å²) in [7, 11) is 0. The van der Waals surface area contributed by atoms with Crippen LogP contribution in [0.5, 0.6) is 0 Å². The van der Waals surface area contributed by atoms with Crippen LogP contribution in [-0.2, 0) is 0 Å². The first-order valence-electron chi connectivity index (χ1n) is 5.79. The highest BCUT2D eigenvalue weighted by Crippen LogP contribution is 2.27. The second kappa shape index (κ2) is 4.10. The molecule has 0 unspecified atom stereocenters. The highest BCUT2D eigenvalue weighted by molar-refractivity contribution is 5.98. The number of nitrogens with zero attached hydrogens (tertiary/aromatic N) is 4. The minimum Gasteiger partial charge on any atom is -0.398 e. The first-order valence-corrected chi connectivity index (χ1v) is 5.79. The smallest absolute Gasteiger partial charge is 0.217 e. The monoisotopic (exact) mass is 249 g/mol. The number of anilines is 1. The molecule has 0 saturated heterocycles. The highest BCUT2D eigenvalue weighted by atomic mass is 15.1. The zero-order valence-corrected chi connectivity index (χ0v) is 10.3. The van der Waals surface area contributed by atoms with Crippen LogP contribution in [0.15, 0.2) is 36.8 Å². The molecule has 5 heteroatoms. The summed E-state index contributed by atoms with van der Waals surface area (Å²) in [5, 5.41) is 10.9. The molecule has 2 heterocycles. The van der Waals surface area contributed by atoms with E-state index >= 15 is 0 Å². The summed E-state index contributed by atoms with van der Waals surface area (Å²) in [5.74, 6) is 0.348. The van der Waals surface area contributed by atoms with Crippen LogP contribution in [0.3, 0.4) is 0 Å². The van der Waals surface area contributed by atoms with E-state index < -0.39 is 0 Å². The molecule has 0 aliphatic rings. The molecule has 3 rings (SSSR count). The first kappa shape index (κ1) is 11.2. The van der Waals surface area contributed by atoms with Gasteiger partial charge in [0.05, 0.1) is 5.69 Å². The third-order valence-corrected chi connectivity index (χ3v) is 3.05. The lowest BCUT2D eigenvalue weighted by Crippen LogP contribution is -2.00. The molecule has 0 bridgehead atoms. The molecule has 19 heavy (non-hydrogen) atoms. The third-order valence-electron chi connectivity index (χ3n) is 3.05. The minimum absolute atomic E-state index is 0.348. The van der Waals surface area contributed by atoms with Crippen LogP contribution >= 0.6 is 0 Å². The zero-order chi connectivity index (χ0) is 13.4.